The minimum atomic E-state index is -0.318. The second-order valence-corrected chi connectivity index (χ2v) is 6.50. The smallest absolute Gasteiger partial charge is 0.224 e. The van der Waals surface area contributed by atoms with Gasteiger partial charge >= 0.3 is 0 Å². The first kappa shape index (κ1) is 18.8. The van der Waals surface area contributed by atoms with E-state index in [1.165, 1.54) is 12.1 Å². The Morgan fingerprint density at radius 3 is 2.59 bits per heavy atom. The number of aromatic nitrogens is 1. The van der Waals surface area contributed by atoms with Crippen LogP contribution in [0.25, 0.3) is 10.9 Å². The van der Waals surface area contributed by atoms with Gasteiger partial charge in [-0.1, -0.05) is 6.07 Å². The van der Waals surface area contributed by atoms with Crippen molar-refractivity contribution in [3.63, 3.8) is 0 Å². The Balaban J connectivity index is 1.76. The molecular formula is C21H23FN2O3. The standard InChI is InChI=1S/C21H23FN2O3/c1-12(14-5-8-19(26-3)20(9-14)27-4)24-21(25)11-16-13(2)23-18-7-6-15(22)10-17(16)18/h5-10,12,23H,11H2,1-4H3,(H,24,25). The summed E-state index contributed by atoms with van der Waals surface area (Å²) in [6.45, 7) is 3.79. The number of benzene rings is 2. The highest BCUT2D eigenvalue weighted by Crippen LogP contribution is 2.30. The van der Waals surface area contributed by atoms with Gasteiger partial charge in [-0.05, 0) is 55.3 Å². The number of aromatic amines is 1. The van der Waals surface area contributed by atoms with Crippen molar-refractivity contribution in [1.82, 2.24) is 10.3 Å². The molecule has 0 radical (unpaired) electrons. The average molecular weight is 370 g/mol. The number of amides is 1. The zero-order valence-corrected chi connectivity index (χ0v) is 15.9. The van der Waals surface area contributed by atoms with E-state index in [1.54, 1.807) is 20.3 Å². The van der Waals surface area contributed by atoms with E-state index in [1.807, 2.05) is 32.0 Å². The van der Waals surface area contributed by atoms with Gasteiger partial charge in [0.15, 0.2) is 11.5 Å². The Bertz CT molecular complexity index is 981. The third-order valence-corrected chi connectivity index (χ3v) is 4.70. The Labute approximate surface area is 157 Å². The van der Waals surface area contributed by atoms with E-state index in [0.29, 0.717) is 11.5 Å². The third kappa shape index (κ3) is 3.89. The summed E-state index contributed by atoms with van der Waals surface area (Å²) in [5.74, 6) is 0.794. The van der Waals surface area contributed by atoms with E-state index in [9.17, 15) is 9.18 Å². The summed E-state index contributed by atoms with van der Waals surface area (Å²) >= 11 is 0. The summed E-state index contributed by atoms with van der Waals surface area (Å²) in [4.78, 5) is 15.8. The van der Waals surface area contributed by atoms with Crippen molar-refractivity contribution in [2.24, 2.45) is 0 Å². The van der Waals surface area contributed by atoms with Crippen LogP contribution in [0, 0.1) is 12.7 Å². The van der Waals surface area contributed by atoms with Crippen molar-refractivity contribution in [2.75, 3.05) is 14.2 Å². The van der Waals surface area contributed by atoms with Gasteiger partial charge in [-0.3, -0.25) is 4.79 Å². The fourth-order valence-electron chi connectivity index (χ4n) is 3.24. The molecule has 1 aromatic heterocycles. The molecule has 0 bridgehead atoms. The van der Waals surface area contributed by atoms with Crippen LogP contribution in [-0.4, -0.2) is 25.1 Å². The Kier molecular flexibility index (Phi) is 5.35. The molecule has 0 aliphatic rings. The number of carbonyl (C=O) groups is 1. The molecule has 3 aromatic rings. The highest BCUT2D eigenvalue weighted by Gasteiger charge is 2.16. The van der Waals surface area contributed by atoms with Crippen LogP contribution in [-0.2, 0) is 11.2 Å². The molecule has 27 heavy (non-hydrogen) atoms. The molecule has 0 aliphatic heterocycles. The van der Waals surface area contributed by atoms with Crippen molar-refractivity contribution in [2.45, 2.75) is 26.3 Å². The van der Waals surface area contributed by atoms with Gasteiger partial charge in [0, 0.05) is 16.6 Å². The first-order chi connectivity index (χ1) is 12.9. The number of nitrogens with one attached hydrogen (secondary N) is 2. The molecule has 3 rings (SSSR count). The summed E-state index contributed by atoms with van der Waals surface area (Å²) in [6.07, 6.45) is 0.174. The van der Waals surface area contributed by atoms with Gasteiger partial charge in [-0.2, -0.15) is 0 Å². The summed E-state index contributed by atoms with van der Waals surface area (Å²) < 4.78 is 24.1. The first-order valence-corrected chi connectivity index (χ1v) is 8.71. The molecule has 6 heteroatoms. The first-order valence-electron chi connectivity index (χ1n) is 8.71. The molecular weight excluding hydrogens is 347 g/mol. The molecule has 0 spiro atoms. The molecule has 2 N–H and O–H groups in total. The van der Waals surface area contributed by atoms with Gasteiger partial charge in [0.05, 0.1) is 26.7 Å². The number of hydrogen-bond donors (Lipinski definition) is 2. The number of halogens is 1. The summed E-state index contributed by atoms with van der Waals surface area (Å²) in [7, 11) is 3.15. The summed E-state index contributed by atoms with van der Waals surface area (Å²) in [6, 6.07) is 9.88. The van der Waals surface area contributed by atoms with Crippen molar-refractivity contribution < 1.29 is 18.7 Å². The number of hydrogen-bond acceptors (Lipinski definition) is 3. The lowest BCUT2D eigenvalue weighted by atomic mass is 10.1. The predicted octanol–water partition coefficient (Wildman–Crippen LogP) is 4.05. The van der Waals surface area contributed by atoms with Crippen LogP contribution in [0.5, 0.6) is 11.5 Å². The summed E-state index contributed by atoms with van der Waals surface area (Å²) in [5, 5.41) is 3.72. The van der Waals surface area contributed by atoms with Crippen LogP contribution in [0.3, 0.4) is 0 Å². The van der Waals surface area contributed by atoms with Crippen LogP contribution in [0.4, 0.5) is 4.39 Å². The maximum atomic E-state index is 13.6. The van der Waals surface area contributed by atoms with Gasteiger partial charge in [0.1, 0.15) is 5.82 Å². The molecule has 0 fully saturated rings. The van der Waals surface area contributed by atoms with E-state index >= 15 is 0 Å². The van der Waals surface area contributed by atoms with Crippen LogP contribution in [0.2, 0.25) is 0 Å². The molecule has 1 amide bonds. The van der Waals surface area contributed by atoms with Gasteiger partial charge in [0.2, 0.25) is 5.91 Å². The van der Waals surface area contributed by atoms with Gasteiger partial charge in [-0.15, -0.1) is 0 Å². The molecule has 1 heterocycles. The second-order valence-electron chi connectivity index (χ2n) is 6.50. The molecule has 0 saturated carbocycles. The molecule has 1 atom stereocenters. The predicted molar refractivity (Wildman–Crippen MR) is 103 cm³/mol. The summed E-state index contributed by atoms with van der Waals surface area (Å²) in [5.41, 5.74) is 3.40. The normalized spacial score (nSPS) is 12.0. The lowest BCUT2D eigenvalue weighted by Gasteiger charge is -2.16. The minimum Gasteiger partial charge on any atom is -0.493 e. The number of fused-ring (bicyclic) bond motifs is 1. The van der Waals surface area contributed by atoms with Gasteiger partial charge in [-0.25, -0.2) is 4.39 Å². The van der Waals surface area contributed by atoms with E-state index in [4.69, 9.17) is 9.47 Å². The number of carbonyl (C=O) groups excluding carboxylic acids is 1. The third-order valence-electron chi connectivity index (χ3n) is 4.70. The van der Waals surface area contributed by atoms with Crippen molar-refractivity contribution >= 4 is 16.8 Å². The van der Waals surface area contributed by atoms with Crippen LogP contribution >= 0.6 is 0 Å². The molecule has 5 nitrogen and oxygen atoms in total. The van der Waals surface area contributed by atoms with Crippen molar-refractivity contribution in [1.29, 1.82) is 0 Å². The van der Waals surface area contributed by atoms with Crippen molar-refractivity contribution in [3.05, 3.63) is 59.0 Å². The van der Waals surface area contributed by atoms with Crippen molar-refractivity contribution in [3.8, 4) is 11.5 Å². The number of ether oxygens (including phenoxy) is 2. The van der Waals surface area contributed by atoms with Crippen LogP contribution in [0.1, 0.15) is 29.8 Å². The highest BCUT2D eigenvalue weighted by molar-refractivity contribution is 5.90. The molecule has 1 unspecified atom stereocenters. The maximum absolute atomic E-state index is 13.6. The molecule has 2 aromatic carbocycles. The number of rotatable bonds is 6. The second kappa shape index (κ2) is 7.70. The Hall–Kier alpha value is -3.02. The average Bonchev–Trinajstić information content (AvgIpc) is 2.95. The van der Waals surface area contributed by atoms with Gasteiger partial charge in [0.25, 0.3) is 0 Å². The number of aryl methyl sites for hydroxylation is 1. The Morgan fingerprint density at radius 1 is 1.15 bits per heavy atom. The van der Waals surface area contributed by atoms with E-state index in [2.05, 4.69) is 10.3 Å². The number of H-pyrrole nitrogens is 1. The fourth-order valence-corrected chi connectivity index (χ4v) is 3.24. The minimum absolute atomic E-state index is 0.134. The molecule has 142 valence electrons. The van der Waals surface area contributed by atoms with Crippen LogP contribution in [0.15, 0.2) is 36.4 Å². The van der Waals surface area contributed by atoms with E-state index < -0.39 is 0 Å². The lowest BCUT2D eigenvalue weighted by molar-refractivity contribution is -0.121. The quantitative estimate of drug-likeness (QED) is 0.688. The number of methoxy groups -OCH3 is 2. The zero-order valence-electron chi connectivity index (χ0n) is 15.9. The largest absolute Gasteiger partial charge is 0.493 e. The van der Waals surface area contributed by atoms with Gasteiger partial charge < -0.3 is 19.8 Å². The highest BCUT2D eigenvalue weighted by atomic mass is 19.1. The maximum Gasteiger partial charge on any atom is 0.224 e. The molecule has 0 aliphatic carbocycles. The van der Waals surface area contributed by atoms with E-state index in [-0.39, 0.29) is 24.2 Å². The van der Waals surface area contributed by atoms with Crippen LogP contribution < -0.4 is 14.8 Å². The fraction of sp³-hybridized carbons (Fsp3) is 0.286. The monoisotopic (exact) mass is 370 g/mol. The van der Waals surface area contributed by atoms with E-state index in [0.717, 1.165) is 27.7 Å². The topological polar surface area (TPSA) is 63.3 Å². The SMILES string of the molecule is COc1ccc(C(C)NC(=O)Cc2c(C)[nH]c3ccc(F)cc23)cc1OC. The molecule has 0 saturated heterocycles. The Morgan fingerprint density at radius 2 is 1.89 bits per heavy atom. The lowest BCUT2D eigenvalue weighted by Crippen LogP contribution is -2.28. The zero-order chi connectivity index (χ0) is 19.6.